The van der Waals surface area contributed by atoms with Gasteiger partial charge in [-0.2, -0.15) is 0 Å². The molecule has 1 unspecified atom stereocenters. The van der Waals surface area contributed by atoms with Gasteiger partial charge in [0.05, 0.1) is 11.6 Å². The first-order valence-electron chi connectivity index (χ1n) is 8.28. The lowest BCUT2D eigenvalue weighted by Gasteiger charge is -2.20. The van der Waals surface area contributed by atoms with Gasteiger partial charge in [-0.25, -0.2) is 4.98 Å². The third kappa shape index (κ3) is 4.26. The summed E-state index contributed by atoms with van der Waals surface area (Å²) in [5, 5.41) is 7.19. The molecule has 1 amide bonds. The number of primary amides is 1. The van der Waals surface area contributed by atoms with Gasteiger partial charge in [-0.05, 0) is 30.7 Å². The molecule has 138 valence electrons. The van der Waals surface area contributed by atoms with Crippen molar-refractivity contribution in [2.24, 2.45) is 10.7 Å². The molecule has 2 aromatic heterocycles. The Morgan fingerprint density at radius 1 is 1.50 bits per heavy atom. The second-order valence-electron chi connectivity index (χ2n) is 5.94. The number of amides is 1. The highest BCUT2D eigenvalue weighted by Crippen LogP contribution is 2.25. The van der Waals surface area contributed by atoms with Crippen molar-refractivity contribution in [3.8, 4) is 0 Å². The maximum absolute atomic E-state index is 11.1. The van der Waals surface area contributed by atoms with Crippen LogP contribution in [0, 0.1) is 0 Å². The monoisotopic (exact) mass is 376 g/mol. The van der Waals surface area contributed by atoms with Crippen molar-refractivity contribution >= 4 is 29.3 Å². The van der Waals surface area contributed by atoms with Crippen LogP contribution in [0.2, 0.25) is 5.02 Å². The van der Waals surface area contributed by atoms with Crippen LogP contribution in [0.25, 0.3) is 0 Å². The molecular weight excluding hydrogens is 356 g/mol. The first kappa shape index (κ1) is 18.1. The normalized spacial score (nSPS) is 17.4. The topological polar surface area (TPSA) is 109 Å². The van der Waals surface area contributed by atoms with Crippen LogP contribution < -0.4 is 21.3 Å². The highest BCUT2D eigenvalue weighted by atomic mass is 35.5. The quantitative estimate of drug-likeness (QED) is 0.537. The molecule has 3 rings (SSSR count). The first-order chi connectivity index (χ1) is 12.6. The van der Waals surface area contributed by atoms with Crippen molar-refractivity contribution in [1.82, 2.24) is 15.6 Å². The molecule has 1 aliphatic heterocycles. The van der Waals surface area contributed by atoms with Crippen molar-refractivity contribution < 1.29 is 9.21 Å². The Labute approximate surface area is 156 Å². The number of carbonyl (C=O) groups is 1. The fourth-order valence-corrected chi connectivity index (χ4v) is 3.09. The lowest BCUT2D eigenvalue weighted by molar-refractivity contribution is 0.0972. The van der Waals surface area contributed by atoms with Gasteiger partial charge in [-0.15, -0.1) is 0 Å². The number of hydrogen-bond donors (Lipinski definition) is 3. The molecule has 0 spiro atoms. The predicted octanol–water partition coefficient (Wildman–Crippen LogP) is 1.37. The third-order valence-electron chi connectivity index (χ3n) is 4.13. The molecule has 1 aliphatic rings. The van der Waals surface area contributed by atoms with Crippen LogP contribution in [0.5, 0.6) is 0 Å². The molecule has 9 heteroatoms. The van der Waals surface area contributed by atoms with Crippen LogP contribution in [0.4, 0.5) is 5.82 Å². The number of aliphatic imine (C=N–C) groups is 1. The van der Waals surface area contributed by atoms with Crippen LogP contribution in [0.1, 0.15) is 22.7 Å². The number of aromatic nitrogens is 1. The highest BCUT2D eigenvalue weighted by molar-refractivity contribution is 6.32. The highest BCUT2D eigenvalue weighted by Gasteiger charge is 2.25. The van der Waals surface area contributed by atoms with Crippen LogP contribution >= 0.6 is 11.6 Å². The summed E-state index contributed by atoms with van der Waals surface area (Å²) in [4.78, 5) is 21.8. The Morgan fingerprint density at radius 2 is 2.35 bits per heavy atom. The standard InChI is InChI=1S/C17H21ClN6O2/c1-20-17(22-9-12-4-5-14(26-12)15(19)25)23-11-6-8-24(10-11)16-13(18)3-2-7-21-16/h2-5,7,11H,6,8-10H2,1H3,(H2,19,25)(H2,20,22,23). The first-order valence-corrected chi connectivity index (χ1v) is 8.65. The number of nitrogens with two attached hydrogens (primary N) is 1. The van der Waals surface area contributed by atoms with Gasteiger partial charge in [-0.3, -0.25) is 9.79 Å². The van der Waals surface area contributed by atoms with Gasteiger partial charge in [0.2, 0.25) is 0 Å². The summed E-state index contributed by atoms with van der Waals surface area (Å²) < 4.78 is 5.35. The molecule has 2 aromatic rings. The number of rotatable bonds is 5. The summed E-state index contributed by atoms with van der Waals surface area (Å²) in [5.41, 5.74) is 5.18. The molecule has 0 aliphatic carbocycles. The number of nitrogens with zero attached hydrogens (tertiary/aromatic N) is 3. The molecule has 1 fully saturated rings. The molecule has 0 saturated carbocycles. The van der Waals surface area contributed by atoms with E-state index in [2.05, 4.69) is 25.5 Å². The van der Waals surface area contributed by atoms with E-state index in [0.29, 0.717) is 23.3 Å². The number of carbonyl (C=O) groups excluding carboxylic acids is 1. The molecule has 3 heterocycles. The zero-order chi connectivity index (χ0) is 18.5. The van der Waals surface area contributed by atoms with E-state index in [1.165, 1.54) is 0 Å². The van der Waals surface area contributed by atoms with Crippen LogP contribution in [0.15, 0.2) is 39.9 Å². The number of hydrogen-bond acceptors (Lipinski definition) is 5. The Kier molecular flexibility index (Phi) is 5.62. The fraction of sp³-hybridized carbons (Fsp3) is 0.353. The summed E-state index contributed by atoms with van der Waals surface area (Å²) >= 11 is 6.22. The second-order valence-corrected chi connectivity index (χ2v) is 6.35. The van der Waals surface area contributed by atoms with Crippen molar-refractivity contribution in [1.29, 1.82) is 0 Å². The average Bonchev–Trinajstić information content (AvgIpc) is 3.28. The van der Waals surface area contributed by atoms with E-state index in [-0.39, 0.29) is 11.8 Å². The number of anilines is 1. The smallest absolute Gasteiger partial charge is 0.284 e. The van der Waals surface area contributed by atoms with Gasteiger partial charge in [0.15, 0.2) is 11.7 Å². The third-order valence-corrected chi connectivity index (χ3v) is 4.42. The van der Waals surface area contributed by atoms with Crippen LogP contribution in [-0.4, -0.2) is 43.0 Å². The zero-order valence-electron chi connectivity index (χ0n) is 14.4. The largest absolute Gasteiger partial charge is 0.454 e. The summed E-state index contributed by atoms with van der Waals surface area (Å²) in [6.45, 7) is 2.05. The minimum Gasteiger partial charge on any atom is -0.454 e. The maximum atomic E-state index is 11.1. The Balaban J connectivity index is 1.52. The van der Waals surface area contributed by atoms with Gasteiger partial charge in [0.25, 0.3) is 5.91 Å². The van der Waals surface area contributed by atoms with E-state index < -0.39 is 5.91 Å². The predicted molar refractivity (Wildman–Crippen MR) is 100 cm³/mol. The molecular formula is C17H21ClN6O2. The number of guanidine groups is 1. The summed E-state index contributed by atoms with van der Waals surface area (Å²) in [7, 11) is 1.70. The zero-order valence-corrected chi connectivity index (χ0v) is 15.2. The number of halogens is 1. The summed E-state index contributed by atoms with van der Waals surface area (Å²) in [6, 6.07) is 7.15. The van der Waals surface area contributed by atoms with Gasteiger partial charge in [-0.1, -0.05) is 11.6 Å². The molecule has 4 N–H and O–H groups in total. The number of pyridine rings is 1. The number of nitrogens with one attached hydrogen (secondary N) is 2. The van der Waals surface area contributed by atoms with Crippen LogP contribution in [0.3, 0.4) is 0 Å². The van der Waals surface area contributed by atoms with Crippen LogP contribution in [-0.2, 0) is 6.54 Å². The molecule has 0 radical (unpaired) electrons. The second kappa shape index (κ2) is 8.09. The molecule has 0 bridgehead atoms. The van der Waals surface area contributed by atoms with Crippen molar-refractivity contribution in [2.45, 2.75) is 19.0 Å². The minimum absolute atomic E-state index is 0.142. The lowest BCUT2D eigenvalue weighted by atomic mass is 10.3. The van der Waals surface area contributed by atoms with E-state index in [1.54, 1.807) is 25.4 Å². The van der Waals surface area contributed by atoms with Gasteiger partial charge >= 0.3 is 0 Å². The summed E-state index contributed by atoms with van der Waals surface area (Å²) in [6.07, 6.45) is 2.69. The molecule has 0 aromatic carbocycles. The minimum atomic E-state index is -0.585. The Bertz CT molecular complexity index is 806. The molecule has 8 nitrogen and oxygen atoms in total. The van der Waals surface area contributed by atoms with E-state index in [4.69, 9.17) is 21.8 Å². The lowest BCUT2D eigenvalue weighted by Crippen LogP contribution is -2.44. The maximum Gasteiger partial charge on any atom is 0.284 e. The van der Waals surface area contributed by atoms with Gasteiger partial charge in [0.1, 0.15) is 11.6 Å². The summed E-state index contributed by atoms with van der Waals surface area (Å²) in [5.74, 6) is 1.62. The average molecular weight is 377 g/mol. The fourth-order valence-electron chi connectivity index (χ4n) is 2.84. The Morgan fingerprint density at radius 3 is 3.04 bits per heavy atom. The van der Waals surface area contributed by atoms with Gasteiger partial charge < -0.3 is 25.7 Å². The van der Waals surface area contributed by atoms with E-state index in [1.807, 2.05) is 12.1 Å². The van der Waals surface area contributed by atoms with Gasteiger partial charge in [0, 0.05) is 32.4 Å². The Hall–Kier alpha value is -2.74. The molecule has 1 atom stereocenters. The molecule has 1 saturated heterocycles. The number of furan rings is 1. The van der Waals surface area contributed by atoms with E-state index in [9.17, 15) is 4.79 Å². The SMILES string of the molecule is CN=C(NCc1ccc(C(N)=O)o1)NC1CCN(c2ncccc2Cl)C1. The van der Waals surface area contributed by atoms with E-state index in [0.717, 1.165) is 25.3 Å². The van der Waals surface area contributed by atoms with Crippen molar-refractivity contribution in [2.75, 3.05) is 25.0 Å². The van der Waals surface area contributed by atoms with Crippen molar-refractivity contribution in [3.63, 3.8) is 0 Å². The molecule has 26 heavy (non-hydrogen) atoms. The van der Waals surface area contributed by atoms with E-state index >= 15 is 0 Å². The van der Waals surface area contributed by atoms with Crippen molar-refractivity contribution in [3.05, 3.63) is 47.0 Å².